The average molecular weight is 622 g/mol. The molecule has 2 atom stereocenters. The van der Waals surface area contributed by atoms with Crippen molar-refractivity contribution >= 4 is 39.8 Å². The number of hydrogen-bond donors (Lipinski definition) is 2. The zero-order valence-electron chi connectivity index (χ0n) is 23.2. The third-order valence-electron chi connectivity index (χ3n) is 7.16. The van der Waals surface area contributed by atoms with Crippen molar-refractivity contribution in [2.24, 2.45) is 5.92 Å². The summed E-state index contributed by atoms with van der Waals surface area (Å²) in [5.74, 6) is -0.213. The lowest BCUT2D eigenvalue weighted by molar-refractivity contribution is -0.120. The molecule has 3 amide bonds. The number of anilines is 1. The average Bonchev–Trinajstić information content (AvgIpc) is 3.50. The van der Waals surface area contributed by atoms with E-state index in [0.717, 1.165) is 22.3 Å². The Hall–Kier alpha value is -3.92. The summed E-state index contributed by atoms with van der Waals surface area (Å²) in [7, 11) is 0. The minimum atomic E-state index is -0.778. The van der Waals surface area contributed by atoms with Crippen molar-refractivity contribution < 1.29 is 23.9 Å². The second kappa shape index (κ2) is 11.9. The van der Waals surface area contributed by atoms with Gasteiger partial charge in [-0.25, -0.2) is 14.6 Å². The molecule has 1 aliphatic heterocycles. The van der Waals surface area contributed by atoms with Crippen molar-refractivity contribution in [3.63, 3.8) is 0 Å². The number of likely N-dealkylation sites (tertiary alicyclic amines) is 1. The summed E-state index contributed by atoms with van der Waals surface area (Å²) >= 11 is 3.30. The molecule has 2 heterocycles. The van der Waals surface area contributed by atoms with Crippen molar-refractivity contribution in [2.45, 2.75) is 44.8 Å². The van der Waals surface area contributed by atoms with Gasteiger partial charge >= 0.3 is 12.2 Å². The van der Waals surface area contributed by atoms with Crippen LogP contribution >= 0.6 is 15.9 Å². The monoisotopic (exact) mass is 620 g/mol. The lowest BCUT2D eigenvalue weighted by atomic mass is 9.98. The van der Waals surface area contributed by atoms with Gasteiger partial charge in [-0.15, -0.1) is 0 Å². The molecule has 2 N–H and O–H groups in total. The second-order valence-electron chi connectivity index (χ2n) is 11.3. The van der Waals surface area contributed by atoms with Gasteiger partial charge in [0.1, 0.15) is 28.7 Å². The number of benzene rings is 2. The minimum Gasteiger partial charge on any atom is -0.449 e. The van der Waals surface area contributed by atoms with Crippen LogP contribution in [0.1, 0.15) is 44.2 Å². The van der Waals surface area contributed by atoms with Crippen LogP contribution in [0.3, 0.4) is 0 Å². The lowest BCUT2D eigenvalue weighted by Crippen LogP contribution is -2.45. The van der Waals surface area contributed by atoms with Crippen molar-refractivity contribution in [2.75, 3.05) is 25.0 Å². The first kappa shape index (κ1) is 28.6. The van der Waals surface area contributed by atoms with E-state index >= 15 is 0 Å². The standard InChI is InChI=1S/C31H33BrN4O5/c1-31(2,3)41-30(39)36-17-19(15-25(36)28(37)35-27-14-8-13-26(32)34-27)16-33-29(38)40-18-24-22-11-6-4-9-20(22)21-10-5-7-12-23(21)24/h4-14,19,24-25H,15-18H2,1-3H3,(H,33,38)(H,34,35,37)/t19-,25+/m1/s1. The van der Waals surface area contributed by atoms with Crippen LogP contribution < -0.4 is 10.6 Å². The Morgan fingerprint density at radius 2 is 1.63 bits per heavy atom. The fourth-order valence-corrected chi connectivity index (χ4v) is 5.75. The van der Waals surface area contributed by atoms with E-state index in [0.29, 0.717) is 16.8 Å². The number of pyridine rings is 1. The van der Waals surface area contributed by atoms with E-state index in [4.69, 9.17) is 9.47 Å². The van der Waals surface area contributed by atoms with Crippen molar-refractivity contribution in [1.82, 2.24) is 15.2 Å². The van der Waals surface area contributed by atoms with Gasteiger partial charge in [0.2, 0.25) is 5.91 Å². The maximum absolute atomic E-state index is 13.2. The maximum Gasteiger partial charge on any atom is 0.410 e. The lowest BCUT2D eigenvalue weighted by Gasteiger charge is -2.28. The molecular formula is C31H33BrN4O5. The van der Waals surface area contributed by atoms with Crippen LogP contribution in [0.15, 0.2) is 71.3 Å². The highest BCUT2D eigenvalue weighted by molar-refractivity contribution is 9.10. The Balaban J connectivity index is 1.20. The number of carbonyl (C=O) groups excluding carboxylic acids is 3. The third-order valence-corrected chi connectivity index (χ3v) is 7.61. The van der Waals surface area contributed by atoms with E-state index in [9.17, 15) is 14.4 Å². The van der Waals surface area contributed by atoms with E-state index in [1.807, 2.05) is 24.3 Å². The van der Waals surface area contributed by atoms with Crippen molar-refractivity contribution in [1.29, 1.82) is 0 Å². The number of fused-ring (bicyclic) bond motifs is 3. The molecule has 0 saturated carbocycles. The Morgan fingerprint density at radius 1 is 0.976 bits per heavy atom. The van der Waals surface area contributed by atoms with Gasteiger partial charge < -0.3 is 20.1 Å². The fourth-order valence-electron chi connectivity index (χ4n) is 5.41. The molecule has 214 valence electrons. The first-order chi connectivity index (χ1) is 19.6. The van der Waals surface area contributed by atoms with Gasteiger partial charge in [0.25, 0.3) is 0 Å². The predicted molar refractivity (Wildman–Crippen MR) is 158 cm³/mol. The first-order valence-electron chi connectivity index (χ1n) is 13.6. The first-order valence-corrected chi connectivity index (χ1v) is 14.4. The maximum atomic E-state index is 13.2. The third kappa shape index (κ3) is 6.70. The molecule has 41 heavy (non-hydrogen) atoms. The van der Waals surface area contributed by atoms with Crippen LogP contribution in [0, 0.1) is 5.92 Å². The smallest absolute Gasteiger partial charge is 0.410 e. The van der Waals surface area contributed by atoms with Crippen molar-refractivity contribution in [3.8, 4) is 11.1 Å². The molecule has 0 spiro atoms. The molecule has 2 aliphatic rings. The summed E-state index contributed by atoms with van der Waals surface area (Å²) in [6, 6.07) is 20.7. The number of hydrogen-bond acceptors (Lipinski definition) is 6. The predicted octanol–water partition coefficient (Wildman–Crippen LogP) is 5.95. The zero-order chi connectivity index (χ0) is 29.1. The highest BCUT2D eigenvalue weighted by Crippen LogP contribution is 2.44. The van der Waals surface area contributed by atoms with Crippen LogP contribution in [-0.4, -0.2) is 59.3 Å². The van der Waals surface area contributed by atoms with Crippen LogP contribution in [-0.2, 0) is 14.3 Å². The number of nitrogens with one attached hydrogen (secondary N) is 2. The minimum absolute atomic E-state index is 0.0398. The number of ether oxygens (including phenoxy) is 2. The van der Waals surface area contributed by atoms with E-state index < -0.39 is 23.8 Å². The van der Waals surface area contributed by atoms with Crippen LogP contribution in [0.4, 0.5) is 15.4 Å². The SMILES string of the molecule is CC(C)(C)OC(=O)N1C[C@@H](CNC(=O)OCC2c3ccccc3-c3ccccc32)C[C@H]1C(=O)Nc1cccc(Br)n1. The molecule has 1 fully saturated rings. The van der Waals surface area contributed by atoms with Gasteiger partial charge in [-0.1, -0.05) is 54.6 Å². The topological polar surface area (TPSA) is 110 Å². The molecule has 9 nitrogen and oxygen atoms in total. The largest absolute Gasteiger partial charge is 0.449 e. The quantitative estimate of drug-likeness (QED) is 0.330. The van der Waals surface area contributed by atoms with E-state index in [1.165, 1.54) is 4.90 Å². The highest BCUT2D eigenvalue weighted by Gasteiger charge is 2.41. The van der Waals surface area contributed by atoms with E-state index in [-0.39, 0.29) is 37.4 Å². The van der Waals surface area contributed by atoms with Gasteiger partial charge in [0.05, 0.1) is 0 Å². The number of rotatable bonds is 6. The molecule has 2 aromatic carbocycles. The second-order valence-corrected chi connectivity index (χ2v) is 12.1. The number of halogens is 1. The molecule has 0 radical (unpaired) electrons. The summed E-state index contributed by atoms with van der Waals surface area (Å²) in [4.78, 5) is 44.6. The Bertz CT molecular complexity index is 1410. The number of aromatic nitrogens is 1. The number of carbonyl (C=O) groups is 3. The fraction of sp³-hybridized carbons (Fsp3) is 0.355. The summed E-state index contributed by atoms with van der Waals surface area (Å²) in [5, 5.41) is 5.61. The van der Waals surface area contributed by atoms with Gasteiger partial charge in [0.15, 0.2) is 0 Å². The van der Waals surface area contributed by atoms with Gasteiger partial charge in [-0.05, 0) is 83.4 Å². The number of amides is 3. The summed E-state index contributed by atoms with van der Waals surface area (Å²) in [5.41, 5.74) is 3.88. The molecule has 1 saturated heterocycles. The highest BCUT2D eigenvalue weighted by atomic mass is 79.9. The zero-order valence-corrected chi connectivity index (χ0v) is 24.8. The Morgan fingerprint density at radius 3 is 2.27 bits per heavy atom. The Labute approximate surface area is 247 Å². The normalized spacial score (nSPS) is 17.9. The molecule has 3 aromatic rings. The number of nitrogens with zero attached hydrogens (tertiary/aromatic N) is 2. The van der Waals surface area contributed by atoms with Crippen LogP contribution in [0.2, 0.25) is 0 Å². The molecule has 0 bridgehead atoms. The molecule has 1 aliphatic carbocycles. The number of alkyl carbamates (subject to hydrolysis) is 1. The van der Waals surface area contributed by atoms with E-state index in [2.05, 4.69) is 55.8 Å². The Kier molecular flexibility index (Phi) is 8.30. The molecule has 5 rings (SSSR count). The van der Waals surface area contributed by atoms with Crippen LogP contribution in [0.25, 0.3) is 11.1 Å². The van der Waals surface area contributed by atoms with Crippen molar-refractivity contribution in [3.05, 3.63) is 82.5 Å². The summed E-state index contributed by atoms with van der Waals surface area (Å²) < 4.78 is 11.8. The molecule has 1 aromatic heterocycles. The van der Waals surface area contributed by atoms with Gasteiger partial charge in [-0.3, -0.25) is 9.69 Å². The van der Waals surface area contributed by atoms with Gasteiger partial charge in [0, 0.05) is 19.0 Å². The summed E-state index contributed by atoms with van der Waals surface area (Å²) in [6.07, 6.45) is -0.770. The molecule has 10 heteroatoms. The van der Waals surface area contributed by atoms with E-state index in [1.54, 1.807) is 39.0 Å². The summed E-state index contributed by atoms with van der Waals surface area (Å²) in [6.45, 7) is 6.03. The molecular weight excluding hydrogens is 588 g/mol. The van der Waals surface area contributed by atoms with Gasteiger partial charge in [-0.2, -0.15) is 0 Å². The van der Waals surface area contributed by atoms with Crippen LogP contribution in [0.5, 0.6) is 0 Å². The molecule has 0 unspecified atom stereocenters.